The van der Waals surface area contributed by atoms with Crippen LogP contribution >= 0.6 is 0 Å². The maximum absolute atomic E-state index is 8.52. The molecule has 0 bridgehead atoms. The van der Waals surface area contributed by atoms with Gasteiger partial charge in [0.2, 0.25) is 0 Å². The molecule has 0 aromatic heterocycles. The SMILES string of the molecule is C1=NC=NC1.CCCCCCCCCCC[CH2][Zn+2].O=S(=O)([O-])[O-].[NaH]. The second-order valence-electron chi connectivity index (χ2n) is 5.26. The molecular weight excluding hydrogens is 393 g/mol. The fraction of sp³-hybridized carbons (Fsp3) is 0.867. The normalized spacial score (nSPS) is 11.9. The van der Waals surface area contributed by atoms with Gasteiger partial charge in [-0.05, 0) is 0 Å². The van der Waals surface area contributed by atoms with E-state index in [2.05, 4.69) is 16.9 Å². The molecule has 1 aliphatic rings. The van der Waals surface area contributed by atoms with Gasteiger partial charge in [-0.3, -0.25) is 13.4 Å². The maximum atomic E-state index is 8.52. The van der Waals surface area contributed by atoms with E-state index in [4.69, 9.17) is 17.5 Å². The van der Waals surface area contributed by atoms with Crippen LogP contribution in [0.4, 0.5) is 0 Å². The van der Waals surface area contributed by atoms with E-state index in [1.807, 2.05) is 0 Å². The van der Waals surface area contributed by atoms with Crippen LogP contribution in [0.1, 0.15) is 71.1 Å². The van der Waals surface area contributed by atoms with Gasteiger partial charge in [0.05, 0.1) is 6.54 Å². The van der Waals surface area contributed by atoms with Crippen molar-refractivity contribution in [2.75, 3.05) is 6.54 Å². The van der Waals surface area contributed by atoms with Crippen LogP contribution < -0.4 is 0 Å². The molecule has 0 aliphatic carbocycles. The summed E-state index contributed by atoms with van der Waals surface area (Å²) in [6, 6.07) is 0. The van der Waals surface area contributed by atoms with E-state index >= 15 is 0 Å². The molecule has 0 atom stereocenters. The summed E-state index contributed by atoms with van der Waals surface area (Å²) in [4.78, 5) is 7.40. The van der Waals surface area contributed by atoms with Gasteiger partial charge < -0.3 is 9.11 Å². The summed E-state index contributed by atoms with van der Waals surface area (Å²) in [6.45, 7) is 3.06. The fourth-order valence-electron chi connectivity index (χ4n) is 1.90. The van der Waals surface area contributed by atoms with Gasteiger partial charge in [-0.2, -0.15) is 0 Å². The molecule has 0 aromatic rings. The Kier molecular flexibility index (Phi) is 29.4. The minimum absolute atomic E-state index is 0. The monoisotopic (exact) mass is 421 g/mol. The fourth-order valence-corrected chi connectivity index (χ4v) is 2.64. The molecule has 0 fully saturated rings. The van der Waals surface area contributed by atoms with Gasteiger partial charge in [-0.15, -0.1) is 0 Å². The summed E-state index contributed by atoms with van der Waals surface area (Å²) in [5.41, 5.74) is 0. The average Bonchev–Trinajstić information content (AvgIpc) is 3.03. The molecule has 0 aromatic carbocycles. The zero-order valence-electron chi connectivity index (χ0n) is 14.3. The van der Waals surface area contributed by atoms with E-state index in [0.29, 0.717) is 0 Å². The van der Waals surface area contributed by atoms with E-state index in [1.165, 1.54) is 87.5 Å². The van der Waals surface area contributed by atoms with Gasteiger partial charge >= 0.3 is 124 Å². The first-order valence-corrected chi connectivity index (χ1v) is 11.8. The van der Waals surface area contributed by atoms with Crippen LogP contribution in [0.3, 0.4) is 0 Å². The summed E-state index contributed by atoms with van der Waals surface area (Å²) in [6.07, 6.45) is 18.0. The molecule has 6 nitrogen and oxygen atoms in total. The number of aliphatic imine (C=N–C) groups is 2. The average molecular weight is 423 g/mol. The molecule has 0 amide bonds. The van der Waals surface area contributed by atoms with E-state index in [1.54, 1.807) is 12.6 Å². The van der Waals surface area contributed by atoms with Gasteiger partial charge in [0, 0.05) is 16.6 Å². The van der Waals surface area contributed by atoms with E-state index in [9.17, 15) is 0 Å². The third-order valence-corrected chi connectivity index (χ3v) is 4.09. The molecule has 0 saturated carbocycles. The van der Waals surface area contributed by atoms with Crippen LogP contribution in [0, 0.1) is 0 Å². The second kappa shape index (κ2) is 23.8. The minimum atomic E-state index is -5.17. The first kappa shape index (κ1) is 29.6. The molecule has 1 heterocycles. The van der Waals surface area contributed by atoms with Crippen molar-refractivity contribution < 1.29 is 35.8 Å². The van der Waals surface area contributed by atoms with E-state index in [-0.39, 0.29) is 29.6 Å². The number of unbranched alkanes of at least 4 members (excludes halogenated alkanes) is 9. The van der Waals surface area contributed by atoms with Gasteiger partial charge in [0.1, 0.15) is 6.34 Å². The van der Waals surface area contributed by atoms with Gasteiger partial charge in [0.15, 0.2) is 0 Å². The predicted molar refractivity (Wildman–Crippen MR) is 96.1 cm³/mol. The van der Waals surface area contributed by atoms with Crippen LogP contribution in [-0.2, 0) is 28.7 Å². The second-order valence-corrected chi connectivity index (χ2v) is 7.56. The molecule has 9 heteroatoms. The van der Waals surface area contributed by atoms with E-state index < -0.39 is 10.4 Å². The Morgan fingerprint density at radius 2 is 1.38 bits per heavy atom. The Morgan fingerprint density at radius 1 is 0.958 bits per heavy atom. The molecule has 1 rings (SSSR count). The Bertz CT molecular complexity index is 365. The van der Waals surface area contributed by atoms with Crippen molar-refractivity contribution in [3.05, 3.63) is 0 Å². The third kappa shape index (κ3) is 43.4. The Morgan fingerprint density at radius 3 is 1.62 bits per heavy atom. The van der Waals surface area contributed by atoms with Crippen LogP contribution in [-0.4, -0.2) is 66.2 Å². The van der Waals surface area contributed by atoms with Crippen molar-refractivity contribution in [3.8, 4) is 0 Å². The summed E-state index contributed by atoms with van der Waals surface area (Å²) in [5, 5.41) is 1.50. The molecule has 1 aliphatic heterocycles. The molecule has 0 N–H and O–H groups in total. The van der Waals surface area contributed by atoms with Crippen molar-refractivity contribution in [3.63, 3.8) is 0 Å². The van der Waals surface area contributed by atoms with Gasteiger partial charge in [-0.25, -0.2) is 4.99 Å². The Balaban J connectivity index is -0.000000329. The van der Waals surface area contributed by atoms with Gasteiger partial charge in [-0.1, -0.05) is 0 Å². The summed E-state index contributed by atoms with van der Waals surface area (Å²) >= 11 is 1.50. The van der Waals surface area contributed by atoms with Crippen LogP contribution in [0.2, 0.25) is 5.02 Å². The first-order valence-electron chi connectivity index (χ1n) is 8.37. The van der Waals surface area contributed by atoms with Gasteiger partial charge in [0.25, 0.3) is 0 Å². The molecular formula is C15H30N2NaO4SZn. The first-order chi connectivity index (χ1) is 10.9. The standard InChI is InChI=1S/C12H25.C3H4N2.Na.H2O4S.Zn.H/c1-3-5-7-9-11-12-10-8-6-4-2;1-2-5-3-4-1;;1-5(2,3)4;;/h1,3-12H2,2H3;1,3H,2H2;;(H2,1,2,3,4);;/q;;;;+2;/p-2. The zero-order chi connectivity index (χ0) is 17.8. The molecule has 0 saturated heterocycles. The number of nitrogens with zero attached hydrogens (tertiary/aromatic N) is 2. The van der Waals surface area contributed by atoms with Crippen molar-refractivity contribution in [2.45, 2.75) is 76.1 Å². The van der Waals surface area contributed by atoms with Crippen molar-refractivity contribution in [2.24, 2.45) is 9.98 Å². The number of hydrogen-bond donors (Lipinski definition) is 0. The molecule has 0 spiro atoms. The predicted octanol–water partition coefficient (Wildman–Crippen LogP) is 2.99. The van der Waals surface area contributed by atoms with Crippen LogP contribution in [0.15, 0.2) is 9.98 Å². The Hall–Kier alpha value is 0.833. The van der Waals surface area contributed by atoms with Crippen LogP contribution in [0.25, 0.3) is 0 Å². The molecule has 0 unspecified atom stereocenters. The third-order valence-electron chi connectivity index (χ3n) is 3.04. The summed E-state index contributed by atoms with van der Waals surface area (Å²) in [7, 11) is -5.17. The quantitative estimate of drug-likeness (QED) is 0.233. The molecule has 0 radical (unpaired) electrons. The summed E-state index contributed by atoms with van der Waals surface area (Å²) < 4.78 is 34.1. The van der Waals surface area contributed by atoms with Crippen LogP contribution in [0.5, 0.6) is 0 Å². The van der Waals surface area contributed by atoms with Crippen molar-refractivity contribution in [1.29, 1.82) is 0 Å². The van der Waals surface area contributed by atoms with E-state index in [0.717, 1.165) is 6.54 Å². The summed E-state index contributed by atoms with van der Waals surface area (Å²) in [5.74, 6) is 0. The Labute approximate surface area is 179 Å². The molecule has 24 heavy (non-hydrogen) atoms. The molecule has 133 valence electrons. The number of hydrogen-bond acceptors (Lipinski definition) is 6. The zero-order valence-corrected chi connectivity index (χ0v) is 18.1. The van der Waals surface area contributed by atoms with Crippen molar-refractivity contribution in [1.82, 2.24) is 0 Å². The topological polar surface area (TPSA) is 105 Å². The number of rotatable bonds is 10. The van der Waals surface area contributed by atoms with Crippen molar-refractivity contribution >= 4 is 52.5 Å².